The SMILES string of the molecule is COC1(c2cccc(Br)n2)C2CCCC1CN(C)C2. The van der Waals surface area contributed by atoms with Gasteiger partial charge in [0.25, 0.3) is 0 Å². The molecule has 3 rings (SSSR count). The quantitative estimate of drug-likeness (QED) is 0.782. The second-order valence-corrected chi connectivity index (χ2v) is 6.70. The monoisotopic (exact) mass is 324 g/mol. The molecule has 0 N–H and O–H groups in total. The number of nitrogens with zero attached hydrogens (tertiary/aromatic N) is 2. The summed E-state index contributed by atoms with van der Waals surface area (Å²) in [6.45, 7) is 2.22. The van der Waals surface area contributed by atoms with Crippen LogP contribution >= 0.6 is 15.9 Å². The number of fused-ring (bicyclic) bond motifs is 2. The molecule has 19 heavy (non-hydrogen) atoms. The van der Waals surface area contributed by atoms with E-state index < -0.39 is 0 Å². The molecule has 1 aromatic rings. The van der Waals surface area contributed by atoms with Crippen molar-refractivity contribution >= 4 is 15.9 Å². The summed E-state index contributed by atoms with van der Waals surface area (Å²) < 4.78 is 7.03. The highest BCUT2D eigenvalue weighted by atomic mass is 79.9. The molecule has 104 valence electrons. The zero-order valence-electron chi connectivity index (χ0n) is 11.6. The van der Waals surface area contributed by atoms with Gasteiger partial charge in [0.05, 0.1) is 5.69 Å². The van der Waals surface area contributed by atoms with Crippen LogP contribution in [0, 0.1) is 11.8 Å². The number of aromatic nitrogens is 1. The fraction of sp³-hybridized carbons (Fsp3) is 0.667. The van der Waals surface area contributed by atoms with Gasteiger partial charge in [-0.1, -0.05) is 12.5 Å². The van der Waals surface area contributed by atoms with Crippen LogP contribution in [0.1, 0.15) is 25.0 Å². The highest BCUT2D eigenvalue weighted by Gasteiger charge is 2.53. The van der Waals surface area contributed by atoms with Gasteiger partial charge in [-0.05, 0) is 48.0 Å². The maximum Gasteiger partial charge on any atom is 0.118 e. The van der Waals surface area contributed by atoms with E-state index in [2.05, 4.69) is 40.0 Å². The second-order valence-electron chi connectivity index (χ2n) is 5.89. The van der Waals surface area contributed by atoms with Crippen molar-refractivity contribution in [3.63, 3.8) is 0 Å². The number of halogens is 1. The molecule has 2 heterocycles. The van der Waals surface area contributed by atoms with Crippen LogP contribution in [0.15, 0.2) is 22.8 Å². The van der Waals surface area contributed by atoms with E-state index in [4.69, 9.17) is 9.72 Å². The van der Waals surface area contributed by atoms with Gasteiger partial charge < -0.3 is 9.64 Å². The molecule has 0 aromatic carbocycles. The van der Waals surface area contributed by atoms with Crippen molar-refractivity contribution in [1.29, 1.82) is 0 Å². The number of methoxy groups -OCH3 is 1. The van der Waals surface area contributed by atoms with E-state index in [0.717, 1.165) is 23.4 Å². The topological polar surface area (TPSA) is 25.4 Å². The van der Waals surface area contributed by atoms with E-state index in [0.29, 0.717) is 11.8 Å². The standard InChI is InChI=1S/C15H21BrN2O/c1-18-9-11-5-3-6-12(10-18)15(11,19-2)13-7-4-8-14(16)17-13/h4,7-8,11-12H,3,5-6,9-10H2,1-2H3. The molecule has 4 heteroatoms. The van der Waals surface area contributed by atoms with E-state index in [1.54, 1.807) is 0 Å². The third-order valence-electron chi connectivity index (χ3n) is 4.84. The largest absolute Gasteiger partial charge is 0.371 e. The molecule has 1 saturated heterocycles. The molecule has 2 atom stereocenters. The average Bonchev–Trinajstić information content (AvgIpc) is 2.38. The predicted molar refractivity (Wildman–Crippen MR) is 79.0 cm³/mol. The Hall–Kier alpha value is -0.450. The van der Waals surface area contributed by atoms with Gasteiger partial charge in [0, 0.05) is 32.0 Å². The summed E-state index contributed by atoms with van der Waals surface area (Å²) in [5, 5.41) is 0. The predicted octanol–water partition coefficient (Wildman–Crippen LogP) is 3.05. The van der Waals surface area contributed by atoms with Gasteiger partial charge in [-0.15, -0.1) is 0 Å². The fourth-order valence-corrected chi connectivity index (χ4v) is 4.48. The van der Waals surface area contributed by atoms with Gasteiger partial charge in [0.15, 0.2) is 0 Å². The lowest BCUT2D eigenvalue weighted by Gasteiger charge is -2.54. The summed E-state index contributed by atoms with van der Waals surface area (Å²) in [4.78, 5) is 7.17. The molecule has 3 nitrogen and oxygen atoms in total. The minimum absolute atomic E-state index is 0.186. The summed E-state index contributed by atoms with van der Waals surface area (Å²) in [6.07, 6.45) is 3.80. The highest BCUT2D eigenvalue weighted by molar-refractivity contribution is 9.10. The molecule has 1 aromatic heterocycles. The number of pyridine rings is 1. The van der Waals surface area contributed by atoms with Gasteiger partial charge in [0.1, 0.15) is 10.2 Å². The number of ether oxygens (including phenoxy) is 1. The Morgan fingerprint density at radius 1 is 1.32 bits per heavy atom. The minimum Gasteiger partial charge on any atom is -0.371 e. The van der Waals surface area contributed by atoms with Crippen molar-refractivity contribution in [2.75, 3.05) is 27.2 Å². The Balaban J connectivity index is 2.07. The van der Waals surface area contributed by atoms with Crippen LogP contribution in [0.2, 0.25) is 0 Å². The lowest BCUT2D eigenvalue weighted by Crippen LogP contribution is -2.58. The molecule has 0 radical (unpaired) electrons. The van der Waals surface area contributed by atoms with Crippen LogP contribution in [-0.2, 0) is 10.3 Å². The Morgan fingerprint density at radius 3 is 2.58 bits per heavy atom. The van der Waals surface area contributed by atoms with Crippen molar-refractivity contribution in [2.24, 2.45) is 11.8 Å². The van der Waals surface area contributed by atoms with E-state index >= 15 is 0 Å². The number of hydrogen-bond acceptors (Lipinski definition) is 3. The first kappa shape index (κ1) is 13.5. The molecule has 0 amide bonds. The first-order valence-corrected chi connectivity index (χ1v) is 7.83. The fourth-order valence-electron chi connectivity index (χ4n) is 4.14. The number of rotatable bonds is 2. The third kappa shape index (κ3) is 2.14. The van der Waals surface area contributed by atoms with Crippen LogP contribution in [-0.4, -0.2) is 37.1 Å². The van der Waals surface area contributed by atoms with Crippen LogP contribution in [0.3, 0.4) is 0 Å². The van der Waals surface area contributed by atoms with Crippen molar-refractivity contribution in [3.8, 4) is 0 Å². The van der Waals surface area contributed by atoms with E-state index in [1.807, 2.05) is 13.2 Å². The summed E-state index contributed by atoms with van der Waals surface area (Å²) in [5.41, 5.74) is 0.918. The van der Waals surface area contributed by atoms with Crippen molar-refractivity contribution in [3.05, 3.63) is 28.5 Å². The summed E-state index contributed by atoms with van der Waals surface area (Å²) >= 11 is 3.50. The van der Waals surface area contributed by atoms with Gasteiger partial charge in [-0.25, -0.2) is 4.98 Å². The zero-order valence-corrected chi connectivity index (χ0v) is 13.2. The maximum absolute atomic E-state index is 6.13. The lowest BCUT2D eigenvalue weighted by molar-refractivity contribution is -0.168. The summed E-state index contributed by atoms with van der Waals surface area (Å²) in [7, 11) is 4.08. The molecule has 2 fully saturated rings. The molecular weight excluding hydrogens is 304 g/mol. The molecule has 2 bridgehead atoms. The molecule has 1 aliphatic heterocycles. The van der Waals surface area contributed by atoms with Gasteiger partial charge in [-0.2, -0.15) is 0 Å². The third-order valence-corrected chi connectivity index (χ3v) is 5.28. The van der Waals surface area contributed by atoms with E-state index in [9.17, 15) is 0 Å². The molecule has 2 aliphatic rings. The molecule has 1 aliphatic carbocycles. The molecular formula is C15H21BrN2O. The lowest BCUT2D eigenvalue weighted by atomic mass is 9.64. The van der Waals surface area contributed by atoms with Crippen LogP contribution < -0.4 is 0 Å². The van der Waals surface area contributed by atoms with Crippen molar-refractivity contribution < 1.29 is 4.74 Å². The van der Waals surface area contributed by atoms with Crippen LogP contribution in [0.5, 0.6) is 0 Å². The molecule has 1 saturated carbocycles. The normalized spacial score (nSPS) is 35.3. The number of hydrogen-bond donors (Lipinski definition) is 0. The smallest absolute Gasteiger partial charge is 0.118 e. The van der Waals surface area contributed by atoms with E-state index in [-0.39, 0.29) is 5.60 Å². The first-order chi connectivity index (χ1) is 9.16. The second kappa shape index (κ2) is 5.15. The number of piperidine rings is 1. The Bertz CT molecular complexity index is 451. The van der Waals surface area contributed by atoms with Crippen LogP contribution in [0.25, 0.3) is 0 Å². The van der Waals surface area contributed by atoms with Crippen molar-refractivity contribution in [2.45, 2.75) is 24.9 Å². The Labute approximate surface area is 123 Å². The summed E-state index contributed by atoms with van der Waals surface area (Å²) in [6, 6.07) is 6.18. The van der Waals surface area contributed by atoms with Gasteiger partial charge >= 0.3 is 0 Å². The summed E-state index contributed by atoms with van der Waals surface area (Å²) in [5.74, 6) is 1.11. The molecule has 2 unspecified atom stereocenters. The number of likely N-dealkylation sites (tertiary alicyclic amines) is 1. The average molecular weight is 325 g/mol. The zero-order chi connectivity index (χ0) is 13.5. The highest BCUT2D eigenvalue weighted by Crippen LogP contribution is 2.50. The minimum atomic E-state index is -0.186. The first-order valence-electron chi connectivity index (χ1n) is 7.03. The maximum atomic E-state index is 6.13. The molecule has 0 spiro atoms. The van der Waals surface area contributed by atoms with E-state index in [1.165, 1.54) is 19.3 Å². The van der Waals surface area contributed by atoms with Gasteiger partial charge in [-0.3, -0.25) is 0 Å². The Morgan fingerprint density at radius 2 is 2.00 bits per heavy atom. The Kier molecular flexibility index (Phi) is 3.67. The van der Waals surface area contributed by atoms with Crippen molar-refractivity contribution in [1.82, 2.24) is 9.88 Å². The van der Waals surface area contributed by atoms with Crippen LogP contribution in [0.4, 0.5) is 0 Å². The van der Waals surface area contributed by atoms with Gasteiger partial charge in [0.2, 0.25) is 0 Å².